The Bertz CT molecular complexity index is 1460. The van der Waals surface area contributed by atoms with E-state index in [9.17, 15) is 9.90 Å². The van der Waals surface area contributed by atoms with Crippen LogP contribution in [0.2, 0.25) is 0 Å². The van der Waals surface area contributed by atoms with Gasteiger partial charge in [-0.3, -0.25) is 9.36 Å². The number of hydrogen-bond acceptors (Lipinski definition) is 7. The highest BCUT2D eigenvalue weighted by molar-refractivity contribution is 5.93. The third-order valence-corrected chi connectivity index (χ3v) is 7.47. The van der Waals surface area contributed by atoms with Gasteiger partial charge in [-0.25, -0.2) is 4.98 Å². The van der Waals surface area contributed by atoms with Gasteiger partial charge in [-0.05, 0) is 64.1 Å². The van der Waals surface area contributed by atoms with Crippen molar-refractivity contribution in [3.05, 3.63) is 60.7 Å². The molecule has 4 rings (SSSR count). The fourth-order valence-corrected chi connectivity index (χ4v) is 5.25. The minimum atomic E-state index is -0.188. The van der Waals surface area contributed by atoms with Crippen LogP contribution in [0.25, 0.3) is 33.9 Å². The molecule has 1 N–H and O–H groups in total. The standard InChI is InChI=1S/C33H40N4O4/c1-8-35(9-2)26-16-12-23(13-17-26)30-31(24-14-18-27(19-15-24)36(10-3)11-4)37(22(5)38)33(34-30)25-20-28(40-6)32(39)29(21-25)41-7/h12-21,39H,8-11H2,1-7H3. The lowest BCUT2D eigenvalue weighted by molar-refractivity contribution is 0.0940. The molecule has 1 heterocycles. The van der Waals surface area contributed by atoms with Crippen LogP contribution in [-0.4, -0.2) is 61.0 Å². The second-order valence-corrected chi connectivity index (χ2v) is 9.65. The fourth-order valence-electron chi connectivity index (χ4n) is 5.25. The van der Waals surface area contributed by atoms with Gasteiger partial charge in [-0.15, -0.1) is 0 Å². The second-order valence-electron chi connectivity index (χ2n) is 9.65. The molecule has 0 saturated heterocycles. The Morgan fingerprint density at radius 2 is 1.20 bits per heavy atom. The van der Waals surface area contributed by atoms with E-state index < -0.39 is 0 Å². The third kappa shape index (κ3) is 5.73. The molecule has 0 atom stereocenters. The number of nitrogens with zero attached hydrogens (tertiary/aromatic N) is 4. The van der Waals surface area contributed by atoms with Crippen molar-refractivity contribution < 1.29 is 19.4 Å². The Morgan fingerprint density at radius 3 is 1.59 bits per heavy atom. The summed E-state index contributed by atoms with van der Waals surface area (Å²) in [5, 5.41) is 10.5. The van der Waals surface area contributed by atoms with Crippen molar-refractivity contribution >= 4 is 17.3 Å². The number of phenols is 1. The van der Waals surface area contributed by atoms with E-state index in [1.54, 1.807) is 16.7 Å². The number of hydrogen-bond donors (Lipinski definition) is 1. The van der Waals surface area contributed by atoms with E-state index in [1.807, 2.05) is 12.1 Å². The Labute approximate surface area is 242 Å². The van der Waals surface area contributed by atoms with Gasteiger partial charge in [0.15, 0.2) is 11.5 Å². The first-order chi connectivity index (χ1) is 19.8. The number of rotatable bonds is 11. The van der Waals surface area contributed by atoms with E-state index >= 15 is 0 Å². The number of imidazole rings is 1. The molecule has 4 aromatic rings. The van der Waals surface area contributed by atoms with Crippen molar-refractivity contribution in [2.24, 2.45) is 0 Å². The predicted octanol–water partition coefficient (Wildman–Crippen LogP) is 6.96. The first-order valence-electron chi connectivity index (χ1n) is 14.1. The van der Waals surface area contributed by atoms with Crippen LogP contribution >= 0.6 is 0 Å². The third-order valence-electron chi connectivity index (χ3n) is 7.47. The summed E-state index contributed by atoms with van der Waals surface area (Å²) in [7, 11) is 2.95. The fraction of sp³-hybridized carbons (Fsp3) is 0.333. The van der Waals surface area contributed by atoms with E-state index in [1.165, 1.54) is 21.1 Å². The van der Waals surface area contributed by atoms with Gasteiger partial charge in [0, 0.05) is 61.2 Å². The Morgan fingerprint density at radius 1 is 0.756 bits per heavy atom. The summed E-state index contributed by atoms with van der Waals surface area (Å²) in [4.78, 5) is 23.0. The largest absolute Gasteiger partial charge is 0.502 e. The van der Waals surface area contributed by atoms with E-state index in [4.69, 9.17) is 14.5 Å². The van der Waals surface area contributed by atoms with Crippen LogP contribution < -0.4 is 19.3 Å². The molecule has 0 unspecified atom stereocenters. The Hall–Kier alpha value is -4.46. The van der Waals surface area contributed by atoms with Crippen molar-refractivity contribution in [1.82, 2.24) is 9.55 Å². The predicted molar refractivity (Wildman–Crippen MR) is 167 cm³/mol. The van der Waals surface area contributed by atoms with Gasteiger partial charge in [0.25, 0.3) is 0 Å². The van der Waals surface area contributed by atoms with Crippen molar-refractivity contribution in [1.29, 1.82) is 0 Å². The van der Waals surface area contributed by atoms with E-state index in [2.05, 4.69) is 73.9 Å². The summed E-state index contributed by atoms with van der Waals surface area (Å²) in [5.41, 5.74) is 5.97. The molecule has 3 aromatic carbocycles. The van der Waals surface area contributed by atoms with E-state index in [0.29, 0.717) is 22.8 Å². The maximum absolute atomic E-state index is 13.3. The Balaban J connectivity index is 1.99. The molecule has 0 bridgehead atoms. The first kappa shape index (κ1) is 29.5. The molecule has 1 aromatic heterocycles. The molecule has 8 heteroatoms. The summed E-state index contributed by atoms with van der Waals surface area (Å²) in [6.07, 6.45) is 0. The number of phenolic OH excluding ortho intramolecular Hbond substituents is 1. The van der Waals surface area contributed by atoms with Crippen LogP contribution in [0.4, 0.5) is 11.4 Å². The van der Waals surface area contributed by atoms with Gasteiger partial charge in [0.05, 0.1) is 25.6 Å². The van der Waals surface area contributed by atoms with Gasteiger partial charge in [0.1, 0.15) is 5.82 Å². The second kappa shape index (κ2) is 12.8. The lowest BCUT2D eigenvalue weighted by Gasteiger charge is -2.21. The maximum Gasteiger partial charge on any atom is 0.229 e. The topological polar surface area (TPSA) is 80.1 Å². The van der Waals surface area contributed by atoms with Crippen molar-refractivity contribution in [3.63, 3.8) is 0 Å². The van der Waals surface area contributed by atoms with Gasteiger partial charge < -0.3 is 24.4 Å². The lowest BCUT2D eigenvalue weighted by atomic mass is 10.0. The number of anilines is 2. The number of methoxy groups -OCH3 is 2. The van der Waals surface area contributed by atoms with Crippen molar-refractivity contribution in [2.45, 2.75) is 34.6 Å². The number of carbonyl (C=O) groups excluding carboxylic acids is 1. The highest BCUT2D eigenvalue weighted by atomic mass is 16.5. The van der Waals surface area contributed by atoms with Gasteiger partial charge >= 0.3 is 0 Å². The monoisotopic (exact) mass is 556 g/mol. The first-order valence-corrected chi connectivity index (χ1v) is 14.1. The molecule has 216 valence electrons. The molecular formula is C33H40N4O4. The Kier molecular flexibility index (Phi) is 9.22. The van der Waals surface area contributed by atoms with Crippen LogP contribution in [0.5, 0.6) is 17.2 Å². The molecule has 0 aliphatic heterocycles. The molecular weight excluding hydrogens is 516 g/mol. The summed E-state index contributed by atoms with van der Waals surface area (Å²) >= 11 is 0. The van der Waals surface area contributed by atoms with Gasteiger partial charge in [-0.1, -0.05) is 24.3 Å². The average Bonchev–Trinajstić information content (AvgIpc) is 3.40. The quantitative estimate of drug-likeness (QED) is 0.214. The van der Waals surface area contributed by atoms with Crippen molar-refractivity contribution in [2.75, 3.05) is 50.2 Å². The van der Waals surface area contributed by atoms with Crippen LogP contribution in [-0.2, 0) is 0 Å². The van der Waals surface area contributed by atoms with Gasteiger partial charge in [0.2, 0.25) is 11.7 Å². The molecule has 41 heavy (non-hydrogen) atoms. The zero-order chi connectivity index (χ0) is 29.7. The summed E-state index contributed by atoms with van der Waals surface area (Å²) < 4.78 is 12.4. The van der Waals surface area contributed by atoms with Crippen molar-refractivity contribution in [3.8, 4) is 51.2 Å². The number of benzene rings is 3. The average molecular weight is 557 g/mol. The molecule has 0 aliphatic rings. The molecule has 0 spiro atoms. The van der Waals surface area contributed by atoms with E-state index in [-0.39, 0.29) is 23.2 Å². The molecule has 0 radical (unpaired) electrons. The minimum Gasteiger partial charge on any atom is -0.502 e. The van der Waals surface area contributed by atoms with Crippen LogP contribution in [0, 0.1) is 0 Å². The normalized spacial score (nSPS) is 10.9. The highest BCUT2D eigenvalue weighted by Gasteiger charge is 2.25. The zero-order valence-corrected chi connectivity index (χ0v) is 25.1. The number of aromatic hydroxyl groups is 1. The number of aromatic nitrogens is 2. The van der Waals surface area contributed by atoms with Gasteiger partial charge in [-0.2, -0.15) is 0 Å². The summed E-state index contributed by atoms with van der Waals surface area (Å²) in [6, 6.07) is 19.9. The molecule has 0 saturated carbocycles. The molecule has 0 amide bonds. The summed E-state index contributed by atoms with van der Waals surface area (Å²) in [5.74, 6) is 0.589. The molecule has 0 fully saturated rings. The van der Waals surface area contributed by atoms with Crippen LogP contribution in [0.3, 0.4) is 0 Å². The van der Waals surface area contributed by atoms with E-state index in [0.717, 1.165) is 48.7 Å². The van der Waals surface area contributed by atoms with Crippen LogP contribution in [0.1, 0.15) is 39.4 Å². The molecule has 8 nitrogen and oxygen atoms in total. The minimum absolute atomic E-state index is 0.112. The highest BCUT2D eigenvalue weighted by Crippen LogP contribution is 2.43. The SMILES string of the molecule is CCN(CC)c1ccc(-c2nc(-c3cc(OC)c(O)c(OC)c3)n(C(C)=O)c2-c2ccc(N(CC)CC)cc2)cc1. The van der Waals surface area contributed by atoms with Crippen LogP contribution in [0.15, 0.2) is 60.7 Å². The lowest BCUT2D eigenvalue weighted by Crippen LogP contribution is -2.21. The summed E-state index contributed by atoms with van der Waals surface area (Å²) in [6.45, 7) is 13.7. The molecule has 0 aliphatic carbocycles. The maximum atomic E-state index is 13.3. The smallest absolute Gasteiger partial charge is 0.229 e. The number of carbonyl (C=O) groups is 1. The number of ether oxygens (including phenoxy) is 2. The zero-order valence-electron chi connectivity index (χ0n) is 25.1.